The molecule has 2 saturated heterocycles. The lowest BCUT2D eigenvalue weighted by atomic mass is 9.87. The van der Waals surface area contributed by atoms with Crippen LogP contribution in [0.3, 0.4) is 0 Å². The molecule has 0 N–H and O–H groups in total. The number of likely N-dealkylation sites (tertiary alicyclic amines) is 2. The van der Waals surface area contributed by atoms with Crippen LogP contribution in [0.4, 0.5) is 0 Å². The van der Waals surface area contributed by atoms with Crippen molar-refractivity contribution < 1.29 is 14.3 Å². The molecule has 3 atom stereocenters. The summed E-state index contributed by atoms with van der Waals surface area (Å²) in [6, 6.07) is 1.19. The van der Waals surface area contributed by atoms with Crippen LogP contribution in [0.1, 0.15) is 72.1 Å². The predicted molar refractivity (Wildman–Crippen MR) is 98.1 cm³/mol. The minimum atomic E-state index is -0.0150. The van der Waals surface area contributed by atoms with Crippen molar-refractivity contribution in [2.45, 2.75) is 96.7 Å². The number of rotatable bonds is 6. The van der Waals surface area contributed by atoms with E-state index in [1.807, 2.05) is 6.92 Å². The van der Waals surface area contributed by atoms with Crippen molar-refractivity contribution in [3.63, 3.8) is 0 Å². The Kier molecular flexibility index (Phi) is 6.75. The average Bonchev–Trinajstić information content (AvgIpc) is 3.24. The maximum Gasteiger partial charge on any atom is 0.308 e. The summed E-state index contributed by atoms with van der Waals surface area (Å²) in [6.07, 6.45) is 9.26. The van der Waals surface area contributed by atoms with Gasteiger partial charge in [0.25, 0.3) is 0 Å². The molecule has 5 nitrogen and oxygen atoms in total. The van der Waals surface area contributed by atoms with E-state index < -0.39 is 0 Å². The first-order chi connectivity index (χ1) is 12.1. The molecule has 2 heterocycles. The summed E-state index contributed by atoms with van der Waals surface area (Å²) in [4.78, 5) is 17.1. The van der Waals surface area contributed by atoms with E-state index in [1.165, 1.54) is 25.7 Å². The molecule has 3 rings (SSSR count). The molecule has 0 aromatic heterocycles. The summed E-state index contributed by atoms with van der Waals surface area (Å²) in [7, 11) is 0. The van der Waals surface area contributed by atoms with E-state index in [2.05, 4.69) is 23.6 Å². The molecular weight excluding hydrogens is 316 g/mol. The third kappa shape index (κ3) is 4.55. The van der Waals surface area contributed by atoms with Gasteiger partial charge in [-0.25, -0.2) is 0 Å². The maximum atomic E-state index is 12.0. The number of esters is 1. The zero-order chi connectivity index (χ0) is 17.8. The molecule has 0 spiro atoms. The van der Waals surface area contributed by atoms with E-state index in [1.54, 1.807) is 0 Å². The van der Waals surface area contributed by atoms with Crippen molar-refractivity contribution in [3.05, 3.63) is 0 Å². The Bertz CT molecular complexity index is 421. The second-order valence-electron chi connectivity index (χ2n) is 8.15. The first kappa shape index (κ1) is 19.1. The smallest absolute Gasteiger partial charge is 0.308 e. The standard InChI is InChI=1S/C20H36N2O3/c1-4-24-19(23)17-9-11-18(12-10-17)25-20(21-13-5-6-14-21)22-15(2)7-8-16(22)3/h15-18,20H,4-14H2,1-3H3/t15-,16-,17?,18?,20?/m1/s1. The van der Waals surface area contributed by atoms with Gasteiger partial charge < -0.3 is 9.47 Å². The summed E-state index contributed by atoms with van der Waals surface area (Å²) in [6.45, 7) is 9.35. The molecule has 1 unspecified atom stereocenters. The van der Waals surface area contributed by atoms with Gasteiger partial charge in [0.15, 0.2) is 6.35 Å². The number of ether oxygens (including phenoxy) is 2. The first-order valence-electron chi connectivity index (χ1n) is 10.4. The molecule has 1 saturated carbocycles. The van der Waals surface area contributed by atoms with Gasteiger partial charge in [-0.2, -0.15) is 0 Å². The maximum absolute atomic E-state index is 12.0. The SMILES string of the molecule is CCOC(=O)C1CCC(OC(N2CCCC2)N2[C@H](C)CC[C@H]2C)CC1. The Morgan fingerprint density at radius 1 is 1.00 bits per heavy atom. The van der Waals surface area contributed by atoms with E-state index in [-0.39, 0.29) is 24.3 Å². The molecular formula is C20H36N2O3. The van der Waals surface area contributed by atoms with Crippen molar-refractivity contribution in [3.8, 4) is 0 Å². The van der Waals surface area contributed by atoms with Crippen LogP contribution in [0.15, 0.2) is 0 Å². The number of hydrogen-bond donors (Lipinski definition) is 0. The Balaban J connectivity index is 1.58. The van der Waals surface area contributed by atoms with Crippen molar-refractivity contribution in [2.24, 2.45) is 5.92 Å². The van der Waals surface area contributed by atoms with Gasteiger partial charge in [0.05, 0.1) is 18.6 Å². The van der Waals surface area contributed by atoms with E-state index in [0.717, 1.165) is 38.8 Å². The molecule has 3 fully saturated rings. The van der Waals surface area contributed by atoms with E-state index >= 15 is 0 Å². The number of nitrogens with zero attached hydrogens (tertiary/aromatic N) is 2. The van der Waals surface area contributed by atoms with Gasteiger partial charge >= 0.3 is 5.97 Å². The van der Waals surface area contributed by atoms with Crippen LogP contribution < -0.4 is 0 Å². The molecule has 144 valence electrons. The number of hydrogen-bond acceptors (Lipinski definition) is 5. The fourth-order valence-electron chi connectivity index (χ4n) is 4.82. The van der Waals surface area contributed by atoms with Crippen molar-refractivity contribution in [1.29, 1.82) is 0 Å². The second kappa shape index (κ2) is 8.83. The van der Waals surface area contributed by atoms with Gasteiger partial charge in [0.2, 0.25) is 0 Å². The Labute approximate surface area is 153 Å². The summed E-state index contributed by atoms with van der Waals surface area (Å²) < 4.78 is 11.9. The molecule has 0 amide bonds. The third-order valence-corrected chi connectivity index (χ3v) is 6.34. The first-order valence-corrected chi connectivity index (χ1v) is 10.4. The van der Waals surface area contributed by atoms with Crippen LogP contribution in [-0.4, -0.2) is 60.0 Å². The molecule has 5 heteroatoms. The molecule has 3 aliphatic rings. The van der Waals surface area contributed by atoms with Crippen LogP contribution in [-0.2, 0) is 14.3 Å². The average molecular weight is 353 g/mol. The molecule has 0 aromatic rings. The molecule has 0 bridgehead atoms. The lowest BCUT2D eigenvalue weighted by molar-refractivity contribution is -0.195. The molecule has 25 heavy (non-hydrogen) atoms. The number of carbonyl (C=O) groups is 1. The normalized spacial score (nSPS) is 35.8. The zero-order valence-electron chi connectivity index (χ0n) is 16.3. The predicted octanol–water partition coefficient (Wildman–Crippen LogP) is 3.38. The summed E-state index contributed by atoms with van der Waals surface area (Å²) in [5.41, 5.74) is 0. The molecule has 1 aliphatic carbocycles. The van der Waals surface area contributed by atoms with E-state index in [4.69, 9.17) is 9.47 Å². The zero-order valence-corrected chi connectivity index (χ0v) is 16.3. The van der Waals surface area contributed by atoms with Gasteiger partial charge in [-0.15, -0.1) is 0 Å². The lowest BCUT2D eigenvalue weighted by Gasteiger charge is -2.42. The van der Waals surface area contributed by atoms with Gasteiger partial charge in [-0.1, -0.05) is 0 Å². The summed E-state index contributed by atoms with van der Waals surface area (Å²) in [5, 5.41) is 0. The van der Waals surface area contributed by atoms with Crippen molar-refractivity contribution in [1.82, 2.24) is 9.80 Å². The molecule has 0 aromatic carbocycles. The van der Waals surface area contributed by atoms with Gasteiger partial charge in [0.1, 0.15) is 0 Å². The second-order valence-corrected chi connectivity index (χ2v) is 8.15. The largest absolute Gasteiger partial charge is 0.466 e. The lowest BCUT2D eigenvalue weighted by Crippen LogP contribution is -2.54. The molecule has 0 radical (unpaired) electrons. The number of carbonyl (C=O) groups excluding carboxylic acids is 1. The van der Waals surface area contributed by atoms with Crippen LogP contribution in [0.2, 0.25) is 0 Å². The van der Waals surface area contributed by atoms with Gasteiger partial charge in [0, 0.05) is 25.2 Å². The van der Waals surface area contributed by atoms with Crippen LogP contribution in [0, 0.1) is 5.92 Å². The summed E-state index contributed by atoms with van der Waals surface area (Å²) >= 11 is 0. The molecule has 2 aliphatic heterocycles. The minimum absolute atomic E-state index is 0.0150. The Hall–Kier alpha value is -0.650. The van der Waals surface area contributed by atoms with Crippen molar-refractivity contribution >= 4 is 5.97 Å². The quantitative estimate of drug-likeness (QED) is 0.686. The highest BCUT2D eigenvalue weighted by molar-refractivity contribution is 5.72. The van der Waals surface area contributed by atoms with Crippen LogP contribution in [0.5, 0.6) is 0 Å². The highest BCUT2D eigenvalue weighted by atomic mass is 16.5. The Morgan fingerprint density at radius 2 is 1.60 bits per heavy atom. The minimum Gasteiger partial charge on any atom is -0.466 e. The summed E-state index contributed by atoms with van der Waals surface area (Å²) in [5.74, 6) is 0.0634. The fourth-order valence-corrected chi connectivity index (χ4v) is 4.82. The van der Waals surface area contributed by atoms with E-state index in [0.29, 0.717) is 18.7 Å². The van der Waals surface area contributed by atoms with E-state index in [9.17, 15) is 4.79 Å². The third-order valence-electron chi connectivity index (χ3n) is 6.34. The fraction of sp³-hybridized carbons (Fsp3) is 0.950. The highest BCUT2D eigenvalue weighted by Crippen LogP contribution is 2.33. The highest BCUT2D eigenvalue weighted by Gasteiger charge is 2.40. The Morgan fingerprint density at radius 3 is 2.16 bits per heavy atom. The monoisotopic (exact) mass is 352 g/mol. The topological polar surface area (TPSA) is 42.0 Å². The van der Waals surface area contributed by atoms with Crippen LogP contribution in [0.25, 0.3) is 0 Å². The van der Waals surface area contributed by atoms with Crippen LogP contribution >= 0.6 is 0 Å². The van der Waals surface area contributed by atoms with Crippen molar-refractivity contribution in [2.75, 3.05) is 19.7 Å². The van der Waals surface area contributed by atoms with Gasteiger partial charge in [-0.05, 0) is 72.1 Å². The van der Waals surface area contributed by atoms with Gasteiger partial charge in [-0.3, -0.25) is 14.6 Å².